The molecule has 5 nitrogen and oxygen atoms in total. The summed E-state index contributed by atoms with van der Waals surface area (Å²) in [5.41, 5.74) is -3.08. The normalized spacial score (nSPS) is 11.9. The van der Waals surface area contributed by atoms with Crippen molar-refractivity contribution in [2.24, 2.45) is 0 Å². The lowest BCUT2D eigenvalue weighted by molar-refractivity contribution is 0.381. The number of nitrogens with zero attached hydrogens (tertiary/aromatic N) is 2. The maximum atomic E-state index is 15.5. The van der Waals surface area contributed by atoms with E-state index in [0.29, 0.717) is 5.56 Å². The fourth-order valence-corrected chi connectivity index (χ4v) is 6.34. The van der Waals surface area contributed by atoms with Crippen molar-refractivity contribution < 1.29 is 43.9 Å². The first kappa shape index (κ1) is 33.3. The van der Waals surface area contributed by atoms with E-state index in [9.17, 15) is 31.6 Å². The highest BCUT2D eigenvalue weighted by molar-refractivity contribution is 6.00. The molecular weight excluding hydrogens is 716 g/mol. The minimum absolute atomic E-state index is 0.0421. The van der Waals surface area contributed by atoms with Crippen LogP contribution in [0.3, 0.4) is 0 Å². The predicted octanol–water partition coefficient (Wildman–Crippen LogP) is 11.0. The van der Waals surface area contributed by atoms with Gasteiger partial charge in [0.25, 0.3) is 0 Å². The van der Waals surface area contributed by atoms with Gasteiger partial charge in [-0.3, -0.25) is 0 Å². The number of H-pyrrole nitrogens is 3. The van der Waals surface area contributed by atoms with E-state index in [0.717, 1.165) is 0 Å². The van der Waals surface area contributed by atoms with Crippen LogP contribution in [0.5, 0.6) is 0 Å². The zero-order valence-corrected chi connectivity index (χ0v) is 26.1. The van der Waals surface area contributed by atoms with Gasteiger partial charge in [-0.15, -0.1) is 0 Å². The van der Waals surface area contributed by atoms with Gasteiger partial charge in [-0.1, -0.05) is 12.1 Å². The van der Waals surface area contributed by atoms with Crippen LogP contribution in [0.25, 0.3) is 78.6 Å². The average molecular weight is 732 g/mol. The van der Waals surface area contributed by atoms with Crippen molar-refractivity contribution in [2.75, 3.05) is 0 Å². The zero-order valence-electron chi connectivity index (χ0n) is 26.1. The number of aromatic amines is 3. The van der Waals surface area contributed by atoms with Gasteiger partial charge in [0.05, 0.1) is 45.2 Å². The molecule has 0 atom stereocenters. The van der Waals surface area contributed by atoms with Gasteiger partial charge in [0.1, 0.15) is 0 Å². The maximum absolute atomic E-state index is 15.5. The van der Waals surface area contributed by atoms with Crippen LogP contribution in [-0.2, 0) is 0 Å². The molecule has 53 heavy (non-hydrogen) atoms. The molecule has 8 rings (SSSR count). The second-order valence-electron chi connectivity index (χ2n) is 11.8. The molecule has 0 spiro atoms. The molecule has 0 unspecified atom stereocenters. The lowest BCUT2D eigenvalue weighted by Gasteiger charge is -2.10. The van der Waals surface area contributed by atoms with Gasteiger partial charge in [-0.25, -0.2) is 48.9 Å². The smallest absolute Gasteiger partial charge is 0.200 e. The Morgan fingerprint density at radius 3 is 1.17 bits per heavy atom. The van der Waals surface area contributed by atoms with Crippen molar-refractivity contribution in [3.05, 3.63) is 136 Å². The van der Waals surface area contributed by atoms with Crippen molar-refractivity contribution in [3.63, 3.8) is 0 Å². The number of halogens is 10. The summed E-state index contributed by atoms with van der Waals surface area (Å²) in [6.45, 7) is 0. The van der Waals surface area contributed by atoms with Crippen LogP contribution in [0.1, 0.15) is 17.0 Å². The first-order valence-electron chi connectivity index (χ1n) is 15.3. The minimum Gasteiger partial charge on any atom is -0.354 e. The summed E-state index contributed by atoms with van der Waals surface area (Å²) in [4.78, 5) is 13.2. The highest BCUT2D eigenvalue weighted by Crippen LogP contribution is 2.40. The Morgan fingerprint density at radius 1 is 0.377 bits per heavy atom. The Hall–Kier alpha value is -6.82. The molecule has 0 radical (unpaired) electrons. The van der Waals surface area contributed by atoms with Crippen LogP contribution < -0.4 is 0 Å². The first-order chi connectivity index (χ1) is 25.4. The number of rotatable bonds is 3. The van der Waals surface area contributed by atoms with Crippen LogP contribution in [0.15, 0.2) is 60.7 Å². The molecule has 1 aliphatic heterocycles. The number of nitrogens with one attached hydrogen (secondary N) is 3. The first-order valence-corrected chi connectivity index (χ1v) is 15.3. The molecule has 3 aromatic carbocycles. The Morgan fingerprint density at radius 2 is 0.717 bits per heavy atom. The van der Waals surface area contributed by atoms with E-state index in [1.54, 1.807) is 0 Å². The maximum Gasteiger partial charge on any atom is 0.200 e. The summed E-state index contributed by atoms with van der Waals surface area (Å²) in [7, 11) is 0. The van der Waals surface area contributed by atoms with Gasteiger partial charge >= 0.3 is 0 Å². The average Bonchev–Trinajstić information content (AvgIpc) is 4.00. The van der Waals surface area contributed by atoms with E-state index in [-0.39, 0.29) is 55.6 Å². The summed E-state index contributed by atoms with van der Waals surface area (Å²) in [5, 5.41) is 9.37. The summed E-state index contributed by atoms with van der Waals surface area (Å²) in [6, 6.07) is 15.8. The molecule has 15 heteroatoms. The fraction of sp³-hybridized carbons (Fsp3) is 0. The summed E-state index contributed by atoms with van der Waals surface area (Å²) >= 11 is 0. The van der Waals surface area contributed by atoms with Crippen LogP contribution in [0.2, 0.25) is 0 Å². The van der Waals surface area contributed by atoms with E-state index >= 15 is 17.6 Å². The van der Waals surface area contributed by atoms with Crippen molar-refractivity contribution in [2.45, 2.75) is 0 Å². The van der Waals surface area contributed by atoms with Crippen molar-refractivity contribution in [3.8, 4) is 39.4 Å². The molecular formula is C38H15F10N5. The van der Waals surface area contributed by atoms with Crippen molar-refractivity contribution in [1.29, 1.82) is 5.26 Å². The number of hydrogen-bond acceptors (Lipinski definition) is 2. The second kappa shape index (κ2) is 12.2. The van der Waals surface area contributed by atoms with Crippen LogP contribution in [0.4, 0.5) is 43.9 Å². The molecule has 7 aromatic rings. The number of nitriles is 1. The molecule has 3 N–H and O–H groups in total. The largest absolute Gasteiger partial charge is 0.354 e. The standard InChI is InChI=1S/C38H15F10N5/c39-29-27(30(40)34(44)37(47)33(29)43)25-20-7-5-16(50-20)17-6-8-21(51-17)26(28-31(41)35(45)38(48)36(46)32(28)42)23-12-10-19(53-23)24(18-9-11-22(25)52-18)15-3-1-14(13-49)2-4-15/h1-12,50-52H. The van der Waals surface area contributed by atoms with E-state index in [2.05, 4.69) is 19.9 Å². The van der Waals surface area contributed by atoms with Crippen molar-refractivity contribution in [1.82, 2.24) is 19.9 Å². The van der Waals surface area contributed by atoms with Gasteiger partial charge in [-0.05, 0) is 66.2 Å². The fourth-order valence-electron chi connectivity index (χ4n) is 6.34. The van der Waals surface area contributed by atoms with Gasteiger partial charge in [0.15, 0.2) is 46.5 Å². The molecule has 1 aliphatic rings. The minimum atomic E-state index is -2.37. The highest BCUT2D eigenvalue weighted by Gasteiger charge is 2.31. The number of aromatic nitrogens is 4. The van der Waals surface area contributed by atoms with Gasteiger partial charge in [0.2, 0.25) is 11.6 Å². The van der Waals surface area contributed by atoms with Crippen LogP contribution in [-0.4, -0.2) is 19.9 Å². The van der Waals surface area contributed by atoms with Gasteiger partial charge in [-0.2, -0.15) is 5.26 Å². The summed E-state index contributed by atoms with van der Waals surface area (Å²) in [5.74, 6) is -22.0. The topological polar surface area (TPSA) is 84.0 Å². The Labute approximate surface area is 289 Å². The summed E-state index contributed by atoms with van der Waals surface area (Å²) in [6.07, 6.45) is 2.64. The molecule has 0 amide bonds. The Balaban J connectivity index is 1.60. The van der Waals surface area contributed by atoms with Gasteiger partial charge < -0.3 is 15.0 Å². The molecule has 5 heterocycles. The molecule has 4 aromatic heterocycles. The molecule has 0 fully saturated rings. The molecule has 0 saturated carbocycles. The number of fused-ring (bicyclic) bond motifs is 9. The van der Waals surface area contributed by atoms with Crippen molar-refractivity contribution >= 4 is 45.3 Å². The molecule has 0 saturated heterocycles. The Bertz CT molecular complexity index is 2860. The van der Waals surface area contributed by atoms with E-state index < -0.39 is 80.4 Å². The summed E-state index contributed by atoms with van der Waals surface area (Å²) < 4.78 is 149. The van der Waals surface area contributed by atoms with E-state index in [1.165, 1.54) is 72.8 Å². The lowest BCUT2D eigenvalue weighted by Crippen LogP contribution is -2.05. The lowest BCUT2D eigenvalue weighted by atomic mass is 10.0. The third-order valence-electron chi connectivity index (χ3n) is 8.80. The van der Waals surface area contributed by atoms with E-state index in [4.69, 9.17) is 0 Å². The molecule has 8 bridgehead atoms. The SMILES string of the molecule is N#Cc1ccc(-c2c3nc(c(-c4c(F)c(F)c(F)c(F)c4F)c4ccc([nH]4)c4ccc([nH]4)c(-c4c(F)c(F)c(F)c(F)c4F)c4ccc2[nH]4)C=C3)cc1. The van der Waals surface area contributed by atoms with E-state index in [1.807, 2.05) is 6.07 Å². The quantitative estimate of drug-likeness (QED) is 0.0960. The third kappa shape index (κ3) is 5.05. The number of benzene rings is 3. The zero-order chi connectivity index (χ0) is 37.5. The molecule has 0 aliphatic carbocycles. The third-order valence-corrected chi connectivity index (χ3v) is 8.80. The molecule has 262 valence electrons. The van der Waals surface area contributed by atoms with Gasteiger partial charge in [0, 0.05) is 38.8 Å². The van der Waals surface area contributed by atoms with Crippen LogP contribution in [0, 0.1) is 69.5 Å². The Kier molecular flexibility index (Phi) is 7.64. The number of hydrogen-bond donors (Lipinski definition) is 3. The van der Waals surface area contributed by atoms with Crippen LogP contribution >= 0.6 is 0 Å². The second-order valence-corrected chi connectivity index (χ2v) is 11.8. The highest BCUT2D eigenvalue weighted by atomic mass is 19.2. The predicted molar refractivity (Wildman–Crippen MR) is 176 cm³/mol. The monoisotopic (exact) mass is 731 g/mol.